The van der Waals surface area contributed by atoms with Gasteiger partial charge in [0.25, 0.3) is 5.69 Å². The number of benzene rings is 2. The number of methoxy groups -OCH3 is 1. The van der Waals surface area contributed by atoms with Gasteiger partial charge in [-0.15, -0.1) is 0 Å². The molecule has 0 aliphatic rings. The molecule has 0 fully saturated rings. The third-order valence-electron chi connectivity index (χ3n) is 3.61. The van der Waals surface area contributed by atoms with Gasteiger partial charge in [-0.1, -0.05) is 26.8 Å². The first-order valence-electron chi connectivity index (χ1n) is 7.42. The number of nitro benzene ring substituents is 1. The monoisotopic (exact) mass is 328 g/mol. The fourth-order valence-corrected chi connectivity index (χ4v) is 2.16. The molecule has 2 aromatic rings. The van der Waals surface area contributed by atoms with Crippen LogP contribution in [-0.4, -0.2) is 23.4 Å². The second-order valence-corrected chi connectivity index (χ2v) is 6.40. The standard InChI is InChI=1S/C18H20N2O4/c1-18(2,3)13-5-8-17(24-4)15(10-13)19-11-12-9-14(20(22)23)6-7-16(12)21/h5-11,21H,1-4H3. The molecule has 0 bridgehead atoms. The van der Waals surface area contributed by atoms with E-state index in [0.29, 0.717) is 11.4 Å². The maximum absolute atomic E-state index is 10.9. The number of aromatic hydroxyl groups is 1. The maximum atomic E-state index is 10.9. The molecule has 6 nitrogen and oxygen atoms in total. The molecular weight excluding hydrogens is 308 g/mol. The summed E-state index contributed by atoms with van der Waals surface area (Å²) in [6.45, 7) is 6.28. The Hall–Kier alpha value is -2.89. The molecule has 0 amide bonds. The molecule has 0 spiro atoms. The number of aliphatic imine (C=N–C) groups is 1. The first-order chi connectivity index (χ1) is 11.2. The van der Waals surface area contributed by atoms with Crippen LogP contribution in [0.15, 0.2) is 41.4 Å². The highest BCUT2D eigenvalue weighted by molar-refractivity contribution is 5.87. The van der Waals surface area contributed by atoms with E-state index < -0.39 is 4.92 Å². The molecule has 6 heteroatoms. The minimum atomic E-state index is -0.516. The molecule has 0 heterocycles. The van der Waals surface area contributed by atoms with Gasteiger partial charge in [0.05, 0.1) is 12.0 Å². The Labute approximate surface area is 140 Å². The lowest BCUT2D eigenvalue weighted by atomic mass is 9.87. The van der Waals surface area contributed by atoms with Crippen LogP contribution < -0.4 is 4.74 Å². The van der Waals surface area contributed by atoms with Gasteiger partial charge >= 0.3 is 0 Å². The van der Waals surface area contributed by atoms with Crippen molar-refractivity contribution in [2.45, 2.75) is 26.2 Å². The third kappa shape index (κ3) is 3.90. The van der Waals surface area contributed by atoms with E-state index in [-0.39, 0.29) is 22.4 Å². The van der Waals surface area contributed by atoms with Crippen molar-refractivity contribution in [2.75, 3.05) is 7.11 Å². The van der Waals surface area contributed by atoms with Gasteiger partial charge in [0.2, 0.25) is 0 Å². The van der Waals surface area contributed by atoms with Crippen LogP contribution in [0.2, 0.25) is 0 Å². The summed E-state index contributed by atoms with van der Waals surface area (Å²) in [4.78, 5) is 14.7. The predicted octanol–water partition coefficient (Wildman–Crippen LogP) is 4.36. The zero-order chi connectivity index (χ0) is 17.9. The Bertz CT molecular complexity index is 792. The van der Waals surface area contributed by atoms with Gasteiger partial charge in [-0.25, -0.2) is 0 Å². The van der Waals surface area contributed by atoms with E-state index in [0.717, 1.165) is 5.56 Å². The van der Waals surface area contributed by atoms with E-state index >= 15 is 0 Å². The summed E-state index contributed by atoms with van der Waals surface area (Å²) in [6.07, 6.45) is 1.40. The highest BCUT2D eigenvalue weighted by atomic mass is 16.6. The van der Waals surface area contributed by atoms with Gasteiger partial charge in [-0.05, 0) is 29.2 Å². The fraction of sp³-hybridized carbons (Fsp3) is 0.278. The quantitative estimate of drug-likeness (QED) is 0.513. The zero-order valence-corrected chi connectivity index (χ0v) is 14.1. The summed E-state index contributed by atoms with van der Waals surface area (Å²) in [6, 6.07) is 9.52. The molecule has 0 saturated heterocycles. The van der Waals surface area contributed by atoms with Crippen molar-refractivity contribution in [1.29, 1.82) is 0 Å². The molecule has 2 rings (SSSR count). The Morgan fingerprint density at radius 3 is 2.50 bits per heavy atom. The van der Waals surface area contributed by atoms with Gasteiger partial charge in [0.15, 0.2) is 0 Å². The molecule has 0 aliphatic carbocycles. The largest absolute Gasteiger partial charge is 0.507 e. The lowest BCUT2D eigenvalue weighted by Crippen LogP contribution is -2.10. The van der Waals surface area contributed by atoms with E-state index in [4.69, 9.17) is 4.74 Å². The molecular formula is C18H20N2O4. The second-order valence-electron chi connectivity index (χ2n) is 6.40. The maximum Gasteiger partial charge on any atom is 0.270 e. The van der Waals surface area contributed by atoms with Crippen LogP contribution in [0.25, 0.3) is 0 Å². The lowest BCUT2D eigenvalue weighted by Gasteiger charge is -2.20. The van der Waals surface area contributed by atoms with Gasteiger partial charge in [-0.2, -0.15) is 0 Å². The molecule has 24 heavy (non-hydrogen) atoms. The first kappa shape index (κ1) is 17.5. The average molecular weight is 328 g/mol. The van der Waals surface area contributed by atoms with E-state index in [1.54, 1.807) is 7.11 Å². The van der Waals surface area contributed by atoms with E-state index in [1.165, 1.54) is 24.4 Å². The van der Waals surface area contributed by atoms with E-state index in [1.807, 2.05) is 18.2 Å². The van der Waals surface area contributed by atoms with Crippen molar-refractivity contribution in [3.8, 4) is 11.5 Å². The molecule has 0 atom stereocenters. The SMILES string of the molecule is COc1ccc(C(C)(C)C)cc1N=Cc1cc([N+](=O)[O-])ccc1O. The Kier molecular flexibility index (Phi) is 4.87. The van der Waals surface area contributed by atoms with Gasteiger partial charge in [0, 0.05) is 23.9 Å². The summed E-state index contributed by atoms with van der Waals surface area (Å²) >= 11 is 0. The van der Waals surface area contributed by atoms with Crippen molar-refractivity contribution < 1.29 is 14.8 Å². The summed E-state index contributed by atoms with van der Waals surface area (Å²) in [7, 11) is 1.55. The number of phenols is 1. The fourth-order valence-electron chi connectivity index (χ4n) is 2.16. The number of phenolic OH excluding ortho intramolecular Hbond substituents is 1. The van der Waals surface area contributed by atoms with Crippen LogP contribution in [0.3, 0.4) is 0 Å². The molecule has 1 N–H and O–H groups in total. The van der Waals surface area contributed by atoms with Gasteiger partial charge < -0.3 is 9.84 Å². The predicted molar refractivity (Wildman–Crippen MR) is 93.7 cm³/mol. The first-order valence-corrected chi connectivity index (χ1v) is 7.42. The minimum Gasteiger partial charge on any atom is -0.507 e. The van der Waals surface area contributed by atoms with Crippen LogP contribution in [0, 0.1) is 10.1 Å². The lowest BCUT2D eigenvalue weighted by molar-refractivity contribution is -0.384. The zero-order valence-electron chi connectivity index (χ0n) is 14.1. The normalized spacial score (nSPS) is 11.7. The van der Waals surface area contributed by atoms with Crippen molar-refractivity contribution in [3.63, 3.8) is 0 Å². The van der Waals surface area contributed by atoms with E-state index in [2.05, 4.69) is 25.8 Å². The van der Waals surface area contributed by atoms with Crippen molar-refractivity contribution in [1.82, 2.24) is 0 Å². The second kappa shape index (κ2) is 6.70. The minimum absolute atomic E-state index is 0.0514. The number of ether oxygens (including phenoxy) is 1. The number of hydrogen-bond donors (Lipinski definition) is 1. The summed E-state index contributed by atoms with van der Waals surface area (Å²) in [5.41, 5.74) is 1.79. The molecule has 0 unspecified atom stereocenters. The van der Waals surface area contributed by atoms with Crippen molar-refractivity contribution in [2.24, 2.45) is 4.99 Å². The van der Waals surface area contributed by atoms with Gasteiger partial charge in [0.1, 0.15) is 17.2 Å². The van der Waals surface area contributed by atoms with Crippen LogP contribution in [0.5, 0.6) is 11.5 Å². The Balaban J connectivity index is 2.45. The average Bonchev–Trinajstić information content (AvgIpc) is 2.52. The molecule has 0 aromatic heterocycles. The summed E-state index contributed by atoms with van der Waals surface area (Å²) in [5.74, 6) is 0.513. The van der Waals surface area contributed by atoms with Crippen LogP contribution >= 0.6 is 0 Å². The highest BCUT2D eigenvalue weighted by Gasteiger charge is 2.16. The summed E-state index contributed by atoms with van der Waals surface area (Å²) < 4.78 is 5.31. The summed E-state index contributed by atoms with van der Waals surface area (Å²) in [5, 5.41) is 20.7. The molecule has 2 aromatic carbocycles. The highest BCUT2D eigenvalue weighted by Crippen LogP contribution is 2.33. The number of hydrogen-bond acceptors (Lipinski definition) is 5. The Morgan fingerprint density at radius 1 is 1.21 bits per heavy atom. The van der Waals surface area contributed by atoms with Crippen LogP contribution in [0.4, 0.5) is 11.4 Å². The smallest absolute Gasteiger partial charge is 0.270 e. The molecule has 126 valence electrons. The number of nitrogens with zero attached hydrogens (tertiary/aromatic N) is 2. The van der Waals surface area contributed by atoms with Crippen LogP contribution in [0.1, 0.15) is 31.9 Å². The van der Waals surface area contributed by atoms with Crippen LogP contribution in [-0.2, 0) is 5.41 Å². The number of nitro groups is 1. The van der Waals surface area contributed by atoms with Gasteiger partial charge in [-0.3, -0.25) is 15.1 Å². The van der Waals surface area contributed by atoms with E-state index in [9.17, 15) is 15.2 Å². The third-order valence-corrected chi connectivity index (χ3v) is 3.61. The molecule has 0 saturated carbocycles. The Morgan fingerprint density at radius 2 is 1.92 bits per heavy atom. The van der Waals surface area contributed by atoms with Crippen molar-refractivity contribution in [3.05, 3.63) is 57.6 Å². The number of rotatable bonds is 4. The molecule has 0 aliphatic heterocycles. The topological polar surface area (TPSA) is 85.0 Å². The number of non-ortho nitro benzene ring substituents is 1. The van der Waals surface area contributed by atoms with Crippen molar-refractivity contribution >= 4 is 17.6 Å². The molecule has 0 radical (unpaired) electrons.